The molecule has 0 radical (unpaired) electrons. The van der Waals surface area contributed by atoms with Crippen LogP contribution < -0.4 is 5.32 Å². The van der Waals surface area contributed by atoms with Crippen LogP contribution in [0.3, 0.4) is 0 Å². The molecule has 1 N–H and O–H groups in total. The summed E-state index contributed by atoms with van der Waals surface area (Å²) in [4.78, 5) is 22.4. The fourth-order valence-electron chi connectivity index (χ4n) is 1.01. The quantitative estimate of drug-likeness (QED) is 0.737. The summed E-state index contributed by atoms with van der Waals surface area (Å²) < 4.78 is 4.67. The maximum absolute atomic E-state index is 11.4. The number of hydrogen-bond acceptors (Lipinski definition) is 3. The molecule has 0 aromatic carbocycles. The predicted octanol–water partition coefficient (Wildman–Crippen LogP) is 1.74. The largest absolute Gasteiger partial charge is 0.450 e. The zero-order chi connectivity index (χ0) is 11.1. The van der Waals surface area contributed by atoms with Gasteiger partial charge in [0.05, 0.1) is 12.6 Å². The van der Waals surface area contributed by atoms with E-state index in [0.29, 0.717) is 18.9 Å². The number of carbonyl (C=O) groups is 2. The van der Waals surface area contributed by atoms with Gasteiger partial charge in [0.2, 0.25) is 0 Å². The Morgan fingerprint density at radius 1 is 1.29 bits per heavy atom. The van der Waals surface area contributed by atoms with Crippen LogP contribution in [0.5, 0.6) is 0 Å². The van der Waals surface area contributed by atoms with Gasteiger partial charge in [0.25, 0.3) is 0 Å². The number of rotatable bonds is 5. The van der Waals surface area contributed by atoms with Gasteiger partial charge in [-0.15, -0.1) is 0 Å². The Balaban J connectivity index is 3.88. The number of hydrogen-bond donors (Lipinski definition) is 1. The first-order chi connectivity index (χ1) is 6.47. The smallest absolute Gasteiger partial charge is 0.407 e. The molecule has 0 saturated carbocycles. The van der Waals surface area contributed by atoms with Gasteiger partial charge in [-0.05, 0) is 19.8 Å². The molecule has 1 unspecified atom stereocenters. The summed E-state index contributed by atoms with van der Waals surface area (Å²) in [5.74, 6) is 0.349. The van der Waals surface area contributed by atoms with Crippen LogP contribution >= 0.6 is 0 Å². The van der Waals surface area contributed by atoms with Gasteiger partial charge in [0, 0.05) is 6.42 Å². The minimum absolute atomic E-state index is 0.0352. The molecule has 4 nitrogen and oxygen atoms in total. The zero-order valence-electron chi connectivity index (χ0n) is 9.29. The van der Waals surface area contributed by atoms with E-state index in [2.05, 4.69) is 10.1 Å². The molecule has 0 bridgehead atoms. The fourth-order valence-corrected chi connectivity index (χ4v) is 1.01. The van der Waals surface area contributed by atoms with Crippen LogP contribution in [0.25, 0.3) is 0 Å². The zero-order valence-corrected chi connectivity index (χ0v) is 9.29. The molecule has 0 rings (SSSR count). The van der Waals surface area contributed by atoms with Crippen LogP contribution in [0.4, 0.5) is 4.79 Å². The van der Waals surface area contributed by atoms with Gasteiger partial charge in [0.15, 0.2) is 5.78 Å². The van der Waals surface area contributed by atoms with Crippen molar-refractivity contribution in [3.05, 3.63) is 0 Å². The Labute approximate surface area is 85.0 Å². The van der Waals surface area contributed by atoms with E-state index in [9.17, 15) is 9.59 Å². The molecule has 0 aliphatic heterocycles. The highest BCUT2D eigenvalue weighted by molar-refractivity contribution is 5.87. The standard InChI is InChI=1S/C10H19NO3/c1-5-14-10(13)11-8(4)9(12)6-7(2)3/h7-8H,5-6H2,1-4H3,(H,11,13). The van der Waals surface area contributed by atoms with E-state index in [1.165, 1.54) is 0 Å². The molecule has 0 aromatic heterocycles. The van der Waals surface area contributed by atoms with Gasteiger partial charge in [-0.25, -0.2) is 4.79 Å². The fraction of sp³-hybridized carbons (Fsp3) is 0.800. The first-order valence-electron chi connectivity index (χ1n) is 4.93. The molecule has 4 heteroatoms. The second-order valence-electron chi connectivity index (χ2n) is 3.65. The Kier molecular flexibility index (Phi) is 5.92. The van der Waals surface area contributed by atoms with Crippen LogP contribution in [-0.4, -0.2) is 24.5 Å². The van der Waals surface area contributed by atoms with E-state index in [1.807, 2.05) is 13.8 Å². The van der Waals surface area contributed by atoms with Crippen molar-refractivity contribution in [2.75, 3.05) is 6.61 Å². The van der Waals surface area contributed by atoms with Crippen molar-refractivity contribution in [3.8, 4) is 0 Å². The highest BCUT2D eigenvalue weighted by Crippen LogP contribution is 2.02. The molecule has 0 aliphatic carbocycles. The summed E-state index contributed by atoms with van der Waals surface area (Å²) in [5, 5.41) is 2.48. The lowest BCUT2D eigenvalue weighted by Crippen LogP contribution is -2.39. The third kappa shape index (κ3) is 5.56. The summed E-state index contributed by atoms with van der Waals surface area (Å²) in [6.07, 6.45) is -0.0507. The van der Waals surface area contributed by atoms with Crippen molar-refractivity contribution >= 4 is 11.9 Å². The van der Waals surface area contributed by atoms with E-state index in [0.717, 1.165) is 0 Å². The third-order valence-corrected chi connectivity index (χ3v) is 1.70. The normalized spacial score (nSPS) is 12.4. The maximum atomic E-state index is 11.4. The van der Waals surface area contributed by atoms with Crippen molar-refractivity contribution < 1.29 is 14.3 Å². The molecule has 0 spiro atoms. The van der Waals surface area contributed by atoms with Crippen LogP contribution in [0.2, 0.25) is 0 Å². The van der Waals surface area contributed by atoms with E-state index < -0.39 is 12.1 Å². The maximum Gasteiger partial charge on any atom is 0.407 e. The van der Waals surface area contributed by atoms with Gasteiger partial charge in [-0.1, -0.05) is 13.8 Å². The summed E-state index contributed by atoms with van der Waals surface area (Å²) in [6.45, 7) is 7.64. The highest BCUT2D eigenvalue weighted by Gasteiger charge is 2.16. The first-order valence-corrected chi connectivity index (χ1v) is 4.93. The number of ketones is 1. The minimum Gasteiger partial charge on any atom is -0.450 e. The SMILES string of the molecule is CCOC(=O)NC(C)C(=O)CC(C)C. The van der Waals surface area contributed by atoms with Crippen molar-refractivity contribution in [1.29, 1.82) is 0 Å². The number of alkyl carbamates (subject to hydrolysis) is 1. The molecule has 0 fully saturated rings. The molecule has 1 atom stereocenters. The molecular formula is C10H19NO3. The van der Waals surface area contributed by atoms with Gasteiger partial charge in [0.1, 0.15) is 0 Å². The lowest BCUT2D eigenvalue weighted by Gasteiger charge is -2.13. The van der Waals surface area contributed by atoms with Crippen molar-refractivity contribution in [2.45, 2.75) is 40.2 Å². The monoisotopic (exact) mass is 201 g/mol. The number of Topliss-reactive ketones (excluding diaryl/α,β-unsaturated/α-hetero) is 1. The van der Waals surface area contributed by atoms with Gasteiger partial charge in [-0.3, -0.25) is 4.79 Å². The predicted molar refractivity (Wildman–Crippen MR) is 54.1 cm³/mol. The third-order valence-electron chi connectivity index (χ3n) is 1.70. The van der Waals surface area contributed by atoms with Gasteiger partial charge < -0.3 is 10.1 Å². The summed E-state index contributed by atoms with van der Waals surface area (Å²) in [5.41, 5.74) is 0. The van der Waals surface area contributed by atoms with E-state index in [1.54, 1.807) is 13.8 Å². The number of amides is 1. The summed E-state index contributed by atoms with van der Waals surface area (Å²) in [6, 6.07) is -0.462. The molecule has 1 amide bonds. The van der Waals surface area contributed by atoms with Gasteiger partial charge >= 0.3 is 6.09 Å². The van der Waals surface area contributed by atoms with Crippen molar-refractivity contribution in [1.82, 2.24) is 5.32 Å². The highest BCUT2D eigenvalue weighted by atomic mass is 16.5. The topological polar surface area (TPSA) is 55.4 Å². The summed E-state index contributed by atoms with van der Waals surface area (Å²) >= 11 is 0. The lowest BCUT2D eigenvalue weighted by atomic mass is 10.0. The Morgan fingerprint density at radius 3 is 2.29 bits per heavy atom. The molecule has 82 valence electrons. The minimum atomic E-state index is -0.530. The molecule has 0 aromatic rings. The van der Waals surface area contributed by atoms with Crippen molar-refractivity contribution in [2.24, 2.45) is 5.92 Å². The molecular weight excluding hydrogens is 182 g/mol. The molecule has 0 heterocycles. The van der Waals surface area contributed by atoms with Crippen LogP contribution in [0, 0.1) is 5.92 Å². The molecule has 0 saturated heterocycles. The average molecular weight is 201 g/mol. The lowest BCUT2D eigenvalue weighted by molar-refractivity contribution is -0.121. The van der Waals surface area contributed by atoms with Crippen LogP contribution in [0.1, 0.15) is 34.1 Å². The van der Waals surface area contributed by atoms with E-state index in [-0.39, 0.29) is 5.78 Å². The van der Waals surface area contributed by atoms with E-state index >= 15 is 0 Å². The average Bonchev–Trinajstić information content (AvgIpc) is 2.02. The van der Waals surface area contributed by atoms with Crippen LogP contribution in [-0.2, 0) is 9.53 Å². The first kappa shape index (κ1) is 12.9. The number of nitrogens with one attached hydrogen (secondary N) is 1. The Bertz CT molecular complexity index is 202. The second-order valence-corrected chi connectivity index (χ2v) is 3.65. The summed E-state index contributed by atoms with van der Waals surface area (Å²) in [7, 11) is 0. The molecule has 14 heavy (non-hydrogen) atoms. The number of carbonyl (C=O) groups excluding carboxylic acids is 2. The van der Waals surface area contributed by atoms with E-state index in [4.69, 9.17) is 0 Å². The van der Waals surface area contributed by atoms with Crippen LogP contribution in [0.15, 0.2) is 0 Å². The molecule has 0 aliphatic rings. The Morgan fingerprint density at radius 2 is 1.86 bits per heavy atom. The second kappa shape index (κ2) is 6.40. The van der Waals surface area contributed by atoms with Gasteiger partial charge in [-0.2, -0.15) is 0 Å². The van der Waals surface area contributed by atoms with Crippen molar-refractivity contribution in [3.63, 3.8) is 0 Å². The Hall–Kier alpha value is -1.06. The number of ether oxygens (including phenoxy) is 1.